The predicted molar refractivity (Wildman–Crippen MR) is 73.9 cm³/mol. The number of hydrogen-bond acceptors (Lipinski definition) is 2. The van der Waals surface area contributed by atoms with Gasteiger partial charge in [-0.25, -0.2) is 4.99 Å². The van der Waals surface area contributed by atoms with Crippen molar-refractivity contribution in [2.75, 3.05) is 6.61 Å². The van der Waals surface area contributed by atoms with E-state index in [-0.39, 0.29) is 11.9 Å². The minimum absolute atomic E-state index is 0.00143. The zero-order valence-electron chi connectivity index (χ0n) is 10.5. The Kier molecular flexibility index (Phi) is 5.50. The third kappa shape index (κ3) is 4.73. The number of aliphatic imine (C=N–C) groups is 2. The van der Waals surface area contributed by atoms with Crippen LogP contribution < -0.4 is 21.9 Å². The Morgan fingerprint density at radius 2 is 1.94 bits per heavy atom. The number of benzene rings is 1. The van der Waals surface area contributed by atoms with Crippen LogP contribution in [0.15, 0.2) is 34.3 Å². The van der Waals surface area contributed by atoms with Gasteiger partial charge in [-0.05, 0) is 18.6 Å². The van der Waals surface area contributed by atoms with Gasteiger partial charge in [-0.1, -0.05) is 25.5 Å². The van der Waals surface area contributed by atoms with E-state index in [1.165, 1.54) is 0 Å². The highest BCUT2D eigenvalue weighted by molar-refractivity contribution is 5.93. The number of nitrogens with zero attached hydrogens (tertiary/aromatic N) is 2. The Labute approximate surface area is 107 Å². The largest absolute Gasteiger partial charge is 0.491 e. The Hall–Kier alpha value is -2.24. The molecule has 0 saturated carbocycles. The topological polar surface area (TPSA) is 112 Å². The highest BCUT2D eigenvalue weighted by Crippen LogP contribution is 2.26. The summed E-state index contributed by atoms with van der Waals surface area (Å²) in [6.45, 7) is 2.75. The van der Waals surface area contributed by atoms with E-state index in [1.54, 1.807) is 6.07 Å². The molecule has 0 aromatic heterocycles. The molecule has 18 heavy (non-hydrogen) atoms. The van der Waals surface area contributed by atoms with Crippen molar-refractivity contribution in [1.29, 1.82) is 0 Å². The van der Waals surface area contributed by atoms with Crippen LogP contribution in [0.1, 0.15) is 19.8 Å². The summed E-state index contributed by atoms with van der Waals surface area (Å²) < 4.78 is 5.61. The number of rotatable bonds is 5. The van der Waals surface area contributed by atoms with Crippen LogP contribution in [0, 0.1) is 0 Å². The molecule has 6 N–H and O–H groups in total. The molecule has 6 heteroatoms. The van der Waals surface area contributed by atoms with E-state index in [0.29, 0.717) is 18.0 Å². The summed E-state index contributed by atoms with van der Waals surface area (Å²) in [6, 6.07) is 7.33. The zero-order valence-corrected chi connectivity index (χ0v) is 10.5. The minimum atomic E-state index is -0.124. The van der Waals surface area contributed by atoms with Gasteiger partial charge in [0.1, 0.15) is 11.4 Å². The van der Waals surface area contributed by atoms with E-state index in [1.807, 2.05) is 18.2 Å². The Balaban J connectivity index is 2.84. The molecule has 0 aliphatic carbocycles. The van der Waals surface area contributed by atoms with E-state index in [4.69, 9.17) is 21.9 Å². The van der Waals surface area contributed by atoms with Crippen LogP contribution in [0.4, 0.5) is 5.69 Å². The lowest BCUT2D eigenvalue weighted by Gasteiger charge is -2.07. The minimum Gasteiger partial charge on any atom is -0.491 e. The zero-order chi connectivity index (χ0) is 13.4. The molecular weight excluding hydrogens is 230 g/mol. The first-order valence-electron chi connectivity index (χ1n) is 5.79. The number of nitrogens with two attached hydrogens (primary N) is 3. The lowest BCUT2D eigenvalue weighted by Crippen LogP contribution is -2.26. The van der Waals surface area contributed by atoms with Gasteiger partial charge in [0.15, 0.2) is 5.96 Å². The summed E-state index contributed by atoms with van der Waals surface area (Å²) in [5.41, 5.74) is 16.6. The normalized spacial score (nSPS) is 11.1. The van der Waals surface area contributed by atoms with E-state index in [0.717, 1.165) is 12.8 Å². The number of ether oxygens (including phenoxy) is 1. The molecular formula is C12H19N5O. The van der Waals surface area contributed by atoms with Crippen LogP contribution >= 0.6 is 0 Å². The van der Waals surface area contributed by atoms with E-state index in [2.05, 4.69) is 16.9 Å². The van der Waals surface area contributed by atoms with E-state index >= 15 is 0 Å². The molecule has 0 aliphatic rings. The first kappa shape index (κ1) is 13.8. The maximum absolute atomic E-state index is 5.61. The van der Waals surface area contributed by atoms with Crippen molar-refractivity contribution in [3.05, 3.63) is 24.3 Å². The molecule has 1 aromatic carbocycles. The van der Waals surface area contributed by atoms with Crippen LogP contribution in [0.5, 0.6) is 5.75 Å². The molecule has 0 fully saturated rings. The van der Waals surface area contributed by atoms with Gasteiger partial charge in [-0.2, -0.15) is 4.99 Å². The highest BCUT2D eigenvalue weighted by Gasteiger charge is 2.02. The molecule has 1 rings (SSSR count). The van der Waals surface area contributed by atoms with Gasteiger partial charge in [0.2, 0.25) is 5.96 Å². The summed E-state index contributed by atoms with van der Waals surface area (Å²) in [7, 11) is 0. The first-order valence-corrected chi connectivity index (χ1v) is 5.79. The molecule has 0 atom stereocenters. The molecule has 6 nitrogen and oxygen atoms in total. The quantitative estimate of drug-likeness (QED) is 0.412. The van der Waals surface area contributed by atoms with Crippen molar-refractivity contribution in [1.82, 2.24) is 0 Å². The summed E-state index contributed by atoms with van der Waals surface area (Å²) >= 11 is 0. The third-order valence-corrected chi connectivity index (χ3v) is 2.10. The highest BCUT2D eigenvalue weighted by atomic mass is 16.5. The van der Waals surface area contributed by atoms with Gasteiger partial charge in [-0.3, -0.25) is 0 Å². The van der Waals surface area contributed by atoms with Crippen molar-refractivity contribution in [2.45, 2.75) is 19.8 Å². The maximum atomic E-state index is 5.61. The monoisotopic (exact) mass is 249 g/mol. The molecule has 0 heterocycles. The Morgan fingerprint density at radius 1 is 1.22 bits per heavy atom. The maximum Gasteiger partial charge on any atom is 0.223 e. The third-order valence-electron chi connectivity index (χ3n) is 2.10. The van der Waals surface area contributed by atoms with Gasteiger partial charge in [0.05, 0.1) is 6.61 Å². The molecule has 0 radical (unpaired) electrons. The van der Waals surface area contributed by atoms with Gasteiger partial charge < -0.3 is 21.9 Å². The Bertz CT molecular complexity index is 438. The number of hydrogen-bond donors (Lipinski definition) is 3. The van der Waals surface area contributed by atoms with Gasteiger partial charge >= 0.3 is 0 Å². The van der Waals surface area contributed by atoms with E-state index in [9.17, 15) is 0 Å². The number of guanidine groups is 2. The molecule has 0 bridgehead atoms. The smallest absolute Gasteiger partial charge is 0.223 e. The predicted octanol–water partition coefficient (Wildman–Crippen LogP) is 1.09. The fourth-order valence-corrected chi connectivity index (χ4v) is 1.28. The van der Waals surface area contributed by atoms with Crippen LogP contribution in [0.3, 0.4) is 0 Å². The van der Waals surface area contributed by atoms with Crippen molar-refractivity contribution in [2.24, 2.45) is 27.2 Å². The number of para-hydroxylation sites is 2. The summed E-state index contributed by atoms with van der Waals surface area (Å²) in [5, 5.41) is 0. The van der Waals surface area contributed by atoms with Crippen molar-refractivity contribution in [3.8, 4) is 5.75 Å². The number of unbranched alkanes of at least 4 members (excludes halogenated alkanes) is 1. The standard InChI is InChI=1S/C12H19N5O/c1-2-3-8-18-10-7-5-4-6-9(10)16-12(15)17-11(13)14/h4-7H,2-3,8H2,1H3,(H6,13,14,15,16,17). The second-order valence-corrected chi connectivity index (χ2v) is 3.68. The van der Waals surface area contributed by atoms with Crippen LogP contribution in [-0.4, -0.2) is 18.5 Å². The summed E-state index contributed by atoms with van der Waals surface area (Å²) in [4.78, 5) is 7.75. The lowest BCUT2D eigenvalue weighted by atomic mass is 10.3. The molecule has 0 amide bonds. The van der Waals surface area contributed by atoms with Gasteiger partial charge in [0.25, 0.3) is 0 Å². The van der Waals surface area contributed by atoms with Gasteiger partial charge in [0, 0.05) is 0 Å². The summed E-state index contributed by atoms with van der Waals surface area (Å²) in [6.07, 6.45) is 2.06. The fourth-order valence-electron chi connectivity index (χ4n) is 1.28. The second-order valence-electron chi connectivity index (χ2n) is 3.68. The first-order chi connectivity index (χ1) is 8.63. The fraction of sp³-hybridized carbons (Fsp3) is 0.333. The lowest BCUT2D eigenvalue weighted by molar-refractivity contribution is 0.310. The SMILES string of the molecule is CCCCOc1ccccc1N=C(N)N=C(N)N. The van der Waals surface area contributed by atoms with Crippen LogP contribution in [0.2, 0.25) is 0 Å². The van der Waals surface area contributed by atoms with Crippen molar-refractivity contribution in [3.63, 3.8) is 0 Å². The van der Waals surface area contributed by atoms with Crippen LogP contribution in [0.25, 0.3) is 0 Å². The second kappa shape index (κ2) is 7.16. The average Bonchev–Trinajstić information content (AvgIpc) is 2.30. The molecule has 0 spiro atoms. The molecule has 1 aromatic rings. The Morgan fingerprint density at radius 3 is 2.61 bits per heavy atom. The molecule has 0 unspecified atom stereocenters. The average molecular weight is 249 g/mol. The van der Waals surface area contributed by atoms with Gasteiger partial charge in [-0.15, -0.1) is 0 Å². The van der Waals surface area contributed by atoms with E-state index < -0.39 is 0 Å². The van der Waals surface area contributed by atoms with Crippen molar-refractivity contribution >= 4 is 17.6 Å². The molecule has 98 valence electrons. The summed E-state index contributed by atoms with van der Waals surface area (Å²) in [5.74, 6) is 0.543. The van der Waals surface area contributed by atoms with Crippen LogP contribution in [-0.2, 0) is 0 Å². The molecule has 0 saturated heterocycles. The van der Waals surface area contributed by atoms with Crippen molar-refractivity contribution < 1.29 is 4.74 Å². The molecule has 0 aliphatic heterocycles.